The Morgan fingerprint density at radius 3 is 2.76 bits per heavy atom. The molecule has 0 saturated heterocycles. The summed E-state index contributed by atoms with van der Waals surface area (Å²) in [5.41, 5.74) is 4.17. The molecule has 2 aromatic carbocycles. The summed E-state index contributed by atoms with van der Waals surface area (Å²) in [6, 6.07) is 11.9. The topological polar surface area (TPSA) is 82.5 Å². The average Bonchev–Trinajstić information content (AvgIpc) is 2.79. The Morgan fingerprint density at radius 2 is 1.97 bits per heavy atom. The van der Waals surface area contributed by atoms with Gasteiger partial charge in [-0.2, -0.15) is 18.3 Å². The van der Waals surface area contributed by atoms with Crippen molar-refractivity contribution in [3.05, 3.63) is 81.7 Å². The molecule has 33 heavy (non-hydrogen) atoms. The molecule has 0 radical (unpaired) electrons. The first kappa shape index (κ1) is 22.7. The molecule has 0 unspecified atom stereocenters. The highest BCUT2D eigenvalue weighted by Gasteiger charge is 2.30. The molecule has 7 nitrogen and oxygen atoms in total. The molecular weight excluding hydrogens is 501 g/mol. The Morgan fingerprint density at radius 1 is 1.15 bits per heavy atom. The van der Waals surface area contributed by atoms with Crippen molar-refractivity contribution in [3.8, 4) is 0 Å². The van der Waals surface area contributed by atoms with Crippen LogP contribution in [0.3, 0.4) is 0 Å². The third-order valence-corrected chi connectivity index (χ3v) is 5.46. The van der Waals surface area contributed by atoms with E-state index in [9.17, 15) is 18.0 Å². The molecule has 170 valence electrons. The lowest BCUT2D eigenvalue weighted by Crippen LogP contribution is -2.41. The van der Waals surface area contributed by atoms with Crippen molar-refractivity contribution < 1.29 is 18.0 Å². The van der Waals surface area contributed by atoms with Crippen molar-refractivity contribution >= 4 is 39.7 Å². The van der Waals surface area contributed by atoms with Gasteiger partial charge in [0, 0.05) is 28.7 Å². The Kier molecular flexibility index (Phi) is 6.59. The van der Waals surface area contributed by atoms with Crippen LogP contribution in [0.25, 0.3) is 0 Å². The zero-order chi connectivity index (χ0) is 23.4. The number of halogens is 4. The number of nitrogens with one attached hydrogen (secondary N) is 2. The molecule has 0 spiro atoms. The summed E-state index contributed by atoms with van der Waals surface area (Å²) in [7, 11) is 0. The van der Waals surface area contributed by atoms with E-state index in [1.54, 1.807) is 4.90 Å². The number of nitrogens with zero attached hydrogens (tertiary/aromatic N) is 4. The van der Waals surface area contributed by atoms with Gasteiger partial charge in [0.2, 0.25) is 0 Å². The Bertz CT molecular complexity index is 1200. The molecule has 2 N–H and O–H groups in total. The minimum atomic E-state index is -4.45. The standard InChI is InChI=1S/C22H18BrF3N6O/c23-16-5-1-3-14(9-16)11-29-31-21(33)32-8-7-19-18(12-32)20(28-13-27-19)30-17-6-2-4-15(10-17)22(24,25)26/h1-6,9-11,13H,7-8,12H2,(H,31,33)(H,27,28,30)/b29-11+. The van der Waals surface area contributed by atoms with Crippen molar-refractivity contribution in [2.45, 2.75) is 19.1 Å². The molecular formula is C22H18BrF3N6O. The van der Waals surface area contributed by atoms with E-state index >= 15 is 0 Å². The molecule has 4 rings (SSSR count). The quantitative estimate of drug-likeness (QED) is 0.371. The van der Waals surface area contributed by atoms with Crippen molar-refractivity contribution in [1.82, 2.24) is 20.3 Å². The van der Waals surface area contributed by atoms with E-state index in [4.69, 9.17) is 0 Å². The predicted octanol–water partition coefficient (Wildman–Crippen LogP) is 5.10. The van der Waals surface area contributed by atoms with E-state index in [0.29, 0.717) is 24.3 Å². The van der Waals surface area contributed by atoms with Crippen LogP contribution in [-0.4, -0.2) is 33.7 Å². The average molecular weight is 519 g/mol. The number of carbonyl (C=O) groups is 1. The highest BCUT2D eigenvalue weighted by atomic mass is 79.9. The van der Waals surface area contributed by atoms with Crippen molar-refractivity contribution in [1.29, 1.82) is 0 Å². The van der Waals surface area contributed by atoms with Gasteiger partial charge in [0.1, 0.15) is 12.1 Å². The van der Waals surface area contributed by atoms with Gasteiger partial charge in [-0.25, -0.2) is 20.2 Å². The van der Waals surface area contributed by atoms with Gasteiger partial charge in [-0.15, -0.1) is 0 Å². The summed E-state index contributed by atoms with van der Waals surface area (Å²) in [4.78, 5) is 22.6. The van der Waals surface area contributed by atoms with Gasteiger partial charge in [0.25, 0.3) is 0 Å². The van der Waals surface area contributed by atoms with E-state index < -0.39 is 17.8 Å². The second-order valence-corrected chi connectivity index (χ2v) is 8.17. The molecule has 2 amide bonds. The lowest BCUT2D eigenvalue weighted by atomic mass is 10.1. The fourth-order valence-electron chi connectivity index (χ4n) is 3.35. The summed E-state index contributed by atoms with van der Waals surface area (Å²) in [6.45, 7) is 0.612. The Balaban J connectivity index is 1.47. The van der Waals surface area contributed by atoms with E-state index in [1.165, 1.54) is 24.7 Å². The first-order valence-electron chi connectivity index (χ1n) is 9.90. The van der Waals surface area contributed by atoms with Crippen molar-refractivity contribution in [2.75, 3.05) is 11.9 Å². The van der Waals surface area contributed by atoms with Crippen LogP contribution >= 0.6 is 15.9 Å². The van der Waals surface area contributed by atoms with Crippen LogP contribution < -0.4 is 10.7 Å². The first-order chi connectivity index (χ1) is 15.8. The van der Waals surface area contributed by atoms with Crippen LogP contribution in [0.1, 0.15) is 22.4 Å². The Labute approximate surface area is 195 Å². The number of hydrazone groups is 1. The second kappa shape index (κ2) is 9.57. The molecule has 0 fully saturated rings. The molecule has 0 aliphatic carbocycles. The largest absolute Gasteiger partial charge is 0.416 e. The fraction of sp³-hybridized carbons (Fsp3) is 0.182. The lowest BCUT2D eigenvalue weighted by Gasteiger charge is -2.28. The van der Waals surface area contributed by atoms with Crippen LogP contribution in [0, 0.1) is 0 Å². The van der Waals surface area contributed by atoms with Crippen molar-refractivity contribution in [2.24, 2.45) is 5.10 Å². The zero-order valence-electron chi connectivity index (χ0n) is 17.1. The number of benzene rings is 2. The molecule has 1 aromatic heterocycles. The Hall–Kier alpha value is -3.47. The van der Waals surface area contributed by atoms with Crippen LogP contribution in [0.2, 0.25) is 0 Å². The van der Waals surface area contributed by atoms with Gasteiger partial charge < -0.3 is 10.2 Å². The number of hydrogen-bond acceptors (Lipinski definition) is 5. The van der Waals surface area contributed by atoms with Gasteiger partial charge in [0.05, 0.1) is 24.0 Å². The second-order valence-electron chi connectivity index (χ2n) is 7.25. The number of rotatable bonds is 4. The monoisotopic (exact) mass is 518 g/mol. The van der Waals surface area contributed by atoms with Crippen LogP contribution in [-0.2, 0) is 19.1 Å². The third-order valence-electron chi connectivity index (χ3n) is 4.96. The highest BCUT2D eigenvalue weighted by molar-refractivity contribution is 9.10. The van der Waals surface area contributed by atoms with Gasteiger partial charge >= 0.3 is 12.2 Å². The molecule has 3 aromatic rings. The number of alkyl halides is 3. The number of carbonyl (C=O) groups excluding carboxylic acids is 1. The van der Waals surface area contributed by atoms with E-state index in [0.717, 1.165) is 27.9 Å². The summed E-state index contributed by atoms with van der Waals surface area (Å²) in [6.07, 6.45) is -1.08. The van der Waals surface area contributed by atoms with E-state index in [2.05, 4.69) is 41.7 Å². The van der Waals surface area contributed by atoms with Gasteiger partial charge in [-0.1, -0.05) is 34.1 Å². The number of fused-ring (bicyclic) bond motifs is 1. The molecule has 1 aliphatic rings. The number of anilines is 2. The van der Waals surface area contributed by atoms with Gasteiger partial charge in [-0.3, -0.25) is 0 Å². The number of urea groups is 1. The third kappa shape index (κ3) is 5.67. The molecule has 0 atom stereocenters. The minimum Gasteiger partial charge on any atom is -0.340 e. The molecule has 11 heteroatoms. The maximum absolute atomic E-state index is 13.0. The van der Waals surface area contributed by atoms with Gasteiger partial charge in [-0.05, 0) is 35.9 Å². The maximum Gasteiger partial charge on any atom is 0.416 e. The lowest BCUT2D eigenvalue weighted by molar-refractivity contribution is -0.137. The molecule has 0 saturated carbocycles. The molecule has 2 heterocycles. The highest BCUT2D eigenvalue weighted by Crippen LogP contribution is 2.32. The SMILES string of the molecule is O=C(N/N=C/c1cccc(Br)c1)N1CCc2ncnc(Nc3cccc(C(F)(F)F)c3)c2C1. The predicted molar refractivity (Wildman–Crippen MR) is 121 cm³/mol. The fourth-order valence-corrected chi connectivity index (χ4v) is 3.77. The maximum atomic E-state index is 13.0. The van der Waals surface area contributed by atoms with Crippen LogP contribution in [0.15, 0.2) is 64.4 Å². The summed E-state index contributed by atoms with van der Waals surface area (Å²) < 4.78 is 40.0. The van der Waals surface area contributed by atoms with Crippen LogP contribution in [0.5, 0.6) is 0 Å². The van der Waals surface area contributed by atoms with Crippen molar-refractivity contribution in [3.63, 3.8) is 0 Å². The summed E-state index contributed by atoms with van der Waals surface area (Å²) in [5.74, 6) is 0.356. The molecule has 0 bridgehead atoms. The number of aromatic nitrogens is 2. The zero-order valence-corrected chi connectivity index (χ0v) is 18.7. The van der Waals surface area contributed by atoms with E-state index in [1.807, 2.05) is 24.3 Å². The normalized spacial score (nSPS) is 13.6. The van der Waals surface area contributed by atoms with E-state index in [-0.39, 0.29) is 12.2 Å². The first-order valence-corrected chi connectivity index (χ1v) is 10.7. The number of hydrogen-bond donors (Lipinski definition) is 2. The van der Waals surface area contributed by atoms with Crippen LogP contribution in [0.4, 0.5) is 29.5 Å². The van der Waals surface area contributed by atoms with Gasteiger partial charge in [0.15, 0.2) is 0 Å². The summed E-state index contributed by atoms with van der Waals surface area (Å²) in [5, 5.41) is 6.93. The summed E-state index contributed by atoms with van der Waals surface area (Å²) >= 11 is 3.37. The molecule has 1 aliphatic heterocycles. The minimum absolute atomic E-state index is 0.190. The number of amides is 2. The smallest absolute Gasteiger partial charge is 0.340 e.